The fourth-order valence-corrected chi connectivity index (χ4v) is 3.79. The van der Waals surface area contributed by atoms with Crippen molar-refractivity contribution in [1.29, 1.82) is 0 Å². The zero-order chi connectivity index (χ0) is 22.4. The van der Waals surface area contributed by atoms with Crippen LogP contribution in [-0.4, -0.2) is 30.3 Å². The molecule has 0 spiro atoms. The number of carbonyl (C=O) groups excluding carboxylic acids is 3. The molecule has 1 saturated heterocycles. The normalized spacial score (nSPS) is 14.6. The van der Waals surface area contributed by atoms with Crippen LogP contribution in [0.3, 0.4) is 0 Å². The first-order valence-electron chi connectivity index (χ1n) is 10.9. The molecule has 31 heavy (non-hydrogen) atoms. The van der Waals surface area contributed by atoms with Crippen molar-refractivity contribution in [3.8, 4) is 0 Å². The van der Waals surface area contributed by atoms with Crippen LogP contribution in [0.2, 0.25) is 0 Å². The second-order valence-corrected chi connectivity index (χ2v) is 8.50. The lowest BCUT2D eigenvalue weighted by Crippen LogP contribution is -2.47. The minimum atomic E-state index is -0.603. The highest BCUT2D eigenvalue weighted by molar-refractivity contribution is 5.98. The van der Waals surface area contributed by atoms with E-state index in [0.29, 0.717) is 24.9 Å². The third kappa shape index (κ3) is 5.94. The van der Waals surface area contributed by atoms with E-state index in [9.17, 15) is 14.4 Å². The van der Waals surface area contributed by atoms with Crippen LogP contribution >= 0.6 is 0 Å². The molecule has 0 bridgehead atoms. The van der Waals surface area contributed by atoms with E-state index in [-0.39, 0.29) is 23.6 Å². The molecule has 164 valence electrons. The smallest absolute Gasteiger partial charge is 0.252 e. The fourth-order valence-electron chi connectivity index (χ4n) is 3.79. The molecule has 3 rings (SSSR count). The lowest BCUT2D eigenvalue weighted by molar-refractivity contribution is -0.123. The van der Waals surface area contributed by atoms with E-state index in [1.807, 2.05) is 63.2 Å². The summed E-state index contributed by atoms with van der Waals surface area (Å²) in [6.07, 6.45) is 2.05. The summed E-state index contributed by atoms with van der Waals surface area (Å²) in [4.78, 5) is 39.2. The molecule has 0 radical (unpaired) electrons. The van der Waals surface area contributed by atoms with E-state index in [4.69, 9.17) is 0 Å². The molecule has 6 heteroatoms. The van der Waals surface area contributed by atoms with Crippen molar-refractivity contribution in [2.75, 3.05) is 11.4 Å². The molecular weight excluding hydrogens is 390 g/mol. The van der Waals surface area contributed by atoms with E-state index in [2.05, 4.69) is 10.6 Å². The van der Waals surface area contributed by atoms with Crippen molar-refractivity contribution in [2.45, 2.75) is 52.6 Å². The van der Waals surface area contributed by atoms with Gasteiger partial charge in [0.05, 0.1) is 0 Å². The summed E-state index contributed by atoms with van der Waals surface area (Å²) in [6, 6.07) is 14.4. The van der Waals surface area contributed by atoms with Gasteiger partial charge in [-0.15, -0.1) is 0 Å². The Morgan fingerprint density at radius 2 is 1.77 bits per heavy atom. The molecule has 3 amide bonds. The summed E-state index contributed by atoms with van der Waals surface area (Å²) < 4.78 is 0. The lowest BCUT2D eigenvalue weighted by atomic mass is 10.0. The first-order valence-corrected chi connectivity index (χ1v) is 10.9. The number of rotatable bonds is 8. The van der Waals surface area contributed by atoms with Gasteiger partial charge in [-0.05, 0) is 55.0 Å². The molecule has 1 heterocycles. The average Bonchev–Trinajstić information content (AvgIpc) is 3.17. The van der Waals surface area contributed by atoms with Gasteiger partial charge in [-0.25, -0.2) is 0 Å². The summed E-state index contributed by atoms with van der Waals surface area (Å²) in [7, 11) is 0. The maximum atomic E-state index is 12.8. The van der Waals surface area contributed by atoms with E-state index in [0.717, 1.165) is 29.8 Å². The molecule has 0 aromatic heterocycles. The monoisotopic (exact) mass is 421 g/mol. The summed E-state index contributed by atoms with van der Waals surface area (Å²) in [5.41, 5.74) is 3.29. The number of hydrogen-bond donors (Lipinski definition) is 2. The van der Waals surface area contributed by atoms with Gasteiger partial charge in [0.2, 0.25) is 11.8 Å². The minimum absolute atomic E-state index is 0.155. The molecule has 6 nitrogen and oxygen atoms in total. The van der Waals surface area contributed by atoms with E-state index in [1.54, 1.807) is 11.0 Å². The van der Waals surface area contributed by atoms with Gasteiger partial charge in [0.25, 0.3) is 5.91 Å². The van der Waals surface area contributed by atoms with Crippen LogP contribution in [0.5, 0.6) is 0 Å². The van der Waals surface area contributed by atoms with Crippen LogP contribution in [0, 0.1) is 12.8 Å². The molecule has 2 N–H and O–H groups in total. The summed E-state index contributed by atoms with van der Waals surface area (Å²) in [5.74, 6) is -0.0276. The number of benzene rings is 2. The highest BCUT2D eigenvalue weighted by Gasteiger charge is 2.23. The van der Waals surface area contributed by atoms with Crippen LogP contribution in [0.1, 0.15) is 54.6 Å². The Kier molecular flexibility index (Phi) is 7.45. The number of amides is 3. The first-order chi connectivity index (χ1) is 14.8. The maximum Gasteiger partial charge on any atom is 0.252 e. The second kappa shape index (κ2) is 10.2. The maximum absolute atomic E-state index is 12.8. The Balaban J connectivity index is 1.60. The highest BCUT2D eigenvalue weighted by Crippen LogP contribution is 2.21. The largest absolute Gasteiger partial charge is 0.350 e. The molecule has 1 fully saturated rings. The van der Waals surface area contributed by atoms with Crippen LogP contribution < -0.4 is 15.5 Å². The number of aryl methyl sites for hydroxylation is 1. The third-order valence-electron chi connectivity index (χ3n) is 5.51. The Labute approximate surface area is 184 Å². The summed E-state index contributed by atoms with van der Waals surface area (Å²) >= 11 is 0. The molecule has 0 aliphatic carbocycles. The van der Waals surface area contributed by atoms with Gasteiger partial charge in [-0.3, -0.25) is 14.4 Å². The van der Waals surface area contributed by atoms with Crippen molar-refractivity contribution >= 4 is 23.4 Å². The number of hydrogen-bond acceptors (Lipinski definition) is 3. The van der Waals surface area contributed by atoms with Gasteiger partial charge < -0.3 is 15.5 Å². The zero-order valence-corrected chi connectivity index (χ0v) is 18.5. The molecule has 1 aliphatic heterocycles. The van der Waals surface area contributed by atoms with Crippen molar-refractivity contribution in [1.82, 2.24) is 10.6 Å². The van der Waals surface area contributed by atoms with E-state index >= 15 is 0 Å². The Morgan fingerprint density at radius 1 is 1.06 bits per heavy atom. The van der Waals surface area contributed by atoms with Gasteiger partial charge in [-0.1, -0.05) is 44.2 Å². The molecular formula is C25H31N3O3. The van der Waals surface area contributed by atoms with Crippen LogP contribution in [0.15, 0.2) is 48.5 Å². The van der Waals surface area contributed by atoms with Gasteiger partial charge in [0.15, 0.2) is 0 Å². The van der Waals surface area contributed by atoms with Gasteiger partial charge in [-0.2, -0.15) is 0 Å². The van der Waals surface area contributed by atoms with Crippen LogP contribution in [0.25, 0.3) is 0 Å². The van der Waals surface area contributed by atoms with Crippen molar-refractivity contribution in [3.63, 3.8) is 0 Å². The third-order valence-corrected chi connectivity index (χ3v) is 5.51. The Morgan fingerprint density at radius 3 is 2.39 bits per heavy atom. The second-order valence-electron chi connectivity index (χ2n) is 8.50. The number of nitrogens with one attached hydrogen (secondary N) is 2. The Hall–Kier alpha value is -3.15. The van der Waals surface area contributed by atoms with Crippen LogP contribution in [-0.2, 0) is 16.1 Å². The molecule has 2 aromatic carbocycles. The quantitative estimate of drug-likeness (QED) is 0.684. The molecule has 0 unspecified atom stereocenters. The number of carbonyl (C=O) groups is 3. The molecule has 1 atom stereocenters. The lowest BCUT2D eigenvalue weighted by Gasteiger charge is -2.21. The SMILES string of the molecule is Cc1ccccc1C(=O)N[C@H](CC(C)C)C(=O)NCc1ccc(N2CCCC2=O)cc1. The van der Waals surface area contributed by atoms with Gasteiger partial charge >= 0.3 is 0 Å². The van der Waals surface area contributed by atoms with Crippen LogP contribution in [0.4, 0.5) is 5.69 Å². The highest BCUT2D eigenvalue weighted by atomic mass is 16.2. The molecule has 2 aromatic rings. The number of nitrogens with zero attached hydrogens (tertiary/aromatic N) is 1. The predicted octanol–water partition coefficient (Wildman–Crippen LogP) is 3.58. The van der Waals surface area contributed by atoms with Gasteiger partial charge in [0.1, 0.15) is 6.04 Å². The van der Waals surface area contributed by atoms with Crippen molar-refractivity contribution in [3.05, 3.63) is 65.2 Å². The topological polar surface area (TPSA) is 78.5 Å². The predicted molar refractivity (Wildman–Crippen MR) is 122 cm³/mol. The van der Waals surface area contributed by atoms with Gasteiger partial charge in [0, 0.05) is 30.8 Å². The van der Waals surface area contributed by atoms with Crippen molar-refractivity contribution < 1.29 is 14.4 Å². The Bertz CT molecular complexity index is 937. The average molecular weight is 422 g/mol. The fraction of sp³-hybridized carbons (Fsp3) is 0.400. The first kappa shape index (κ1) is 22.5. The number of anilines is 1. The van der Waals surface area contributed by atoms with E-state index < -0.39 is 6.04 Å². The molecule has 0 saturated carbocycles. The summed E-state index contributed by atoms with van der Waals surface area (Å²) in [6.45, 7) is 7.05. The summed E-state index contributed by atoms with van der Waals surface area (Å²) in [5, 5.41) is 5.84. The van der Waals surface area contributed by atoms with E-state index in [1.165, 1.54) is 0 Å². The minimum Gasteiger partial charge on any atom is -0.350 e. The van der Waals surface area contributed by atoms with Crippen molar-refractivity contribution in [2.24, 2.45) is 5.92 Å². The zero-order valence-electron chi connectivity index (χ0n) is 18.5. The standard InChI is InChI=1S/C25H31N3O3/c1-17(2)15-22(27-24(30)21-8-5-4-7-18(21)3)25(31)26-16-19-10-12-20(13-11-19)28-14-6-9-23(28)29/h4-5,7-8,10-13,17,22H,6,9,14-16H2,1-3H3,(H,26,31)(H,27,30)/t22-/m1/s1. The molecule has 1 aliphatic rings.